The zero-order valence-electron chi connectivity index (χ0n) is 9.95. The molecule has 94 valence electrons. The fourth-order valence-corrected chi connectivity index (χ4v) is 2.42. The molecule has 0 saturated carbocycles. The van der Waals surface area contributed by atoms with Gasteiger partial charge in [0.2, 0.25) is 0 Å². The molecule has 6 nitrogen and oxygen atoms in total. The fraction of sp³-hybridized carbons (Fsp3) is 0.273. The number of nitro groups is 1. The molecule has 1 aromatic heterocycles. The molecule has 2 rings (SSSR count). The van der Waals surface area contributed by atoms with E-state index in [4.69, 9.17) is 5.73 Å². The Bertz CT molecular complexity index is 594. The van der Waals surface area contributed by atoms with E-state index in [1.54, 1.807) is 6.07 Å². The lowest BCUT2D eigenvalue weighted by molar-refractivity contribution is -0.384. The average molecular weight is 264 g/mol. The highest BCUT2D eigenvalue weighted by atomic mass is 32.1. The van der Waals surface area contributed by atoms with Gasteiger partial charge in [-0.2, -0.15) is 0 Å². The van der Waals surface area contributed by atoms with Crippen molar-refractivity contribution in [3.63, 3.8) is 0 Å². The number of nitro benzene ring substituents is 1. The smallest absolute Gasteiger partial charge is 0.269 e. The van der Waals surface area contributed by atoms with Crippen molar-refractivity contribution in [2.45, 2.75) is 19.9 Å². The number of hydrogen-bond donors (Lipinski definition) is 1. The van der Waals surface area contributed by atoms with Crippen molar-refractivity contribution in [3.8, 4) is 10.6 Å². The van der Waals surface area contributed by atoms with Gasteiger partial charge in [0.15, 0.2) is 0 Å². The van der Waals surface area contributed by atoms with Crippen molar-refractivity contribution in [3.05, 3.63) is 38.9 Å². The van der Waals surface area contributed by atoms with E-state index in [9.17, 15) is 10.1 Å². The first-order valence-electron chi connectivity index (χ1n) is 5.33. The molecule has 1 heterocycles. The molecule has 1 atom stereocenters. The summed E-state index contributed by atoms with van der Waals surface area (Å²) in [6.45, 7) is 3.66. The quantitative estimate of drug-likeness (QED) is 0.678. The summed E-state index contributed by atoms with van der Waals surface area (Å²) < 4.78 is 0. The molecule has 0 saturated heterocycles. The van der Waals surface area contributed by atoms with Crippen LogP contribution in [-0.2, 0) is 0 Å². The highest BCUT2D eigenvalue weighted by Crippen LogP contribution is 2.30. The number of rotatable bonds is 3. The summed E-state index contributed by atoms with van der Waals surface area (Å²) in [5.74, 6) is 0. The summed E-state index contributed by atoms with van der Waals surface area (Å²) in [5.41, 5.74) is 7.46. The summed E-state index contributed by atoms with van der Waals surface area (Å²) in [7, 11) is 0. The zero-order chi connectivity index (χ0) is 13.3. The van der Waals surface area contributed by atoms with E-state index in [2.05, 4.69) is 10.2 Å². The van der Waals surface area contributed by atoms with Gasteiger partial charge in [0.25, 0.3) is 5.69 Å². The molecule has 7 heteroatoms. The Labute approximate surface area is 108 Å². The van der Waals surface area contributed by atoms with E-state index in [0.29, 0.717) is 0 Å². The van der Waals surface area contributed by atoms with E-state index in [0.717, 1.165) is 21.1 Å². The van der Waals surface area contributed by atoms with Gasteiger partial charge < -0.3 is 5.73 Å². The van der Waals surface area contributed by atoms with Gasteiger partial charge in [0.05, 0.1) is 11.0 Å². The lowest BCUT2D eigenvalue weighted by Crippen LogP contribution is -2.03. The highest BCUT2D eigenvalue weighted by molar-refractivity contribution is 7.14. The Kier molecular flexibility index (Phi) is 3.35. The molecule has 0 radical (unpaired) electrons. The second-order valence-corrected chi connectivity index (χ2v) is 5.00. The van der Waals surface area contributed by atoms with Crippen molar-refractivity contribution in [2.24, 2.45) is 5.73 Å². The number of aryl methyl sites for hydroxylation is 1. The van der Waals surface area contributed by atoms with Gasteiger partial charge in [-0.25, -0.2) is 0 Å². The molecule has 0 bridgehead atoms. The van der Waals surface area contributed by atoms with Crippen molar-refractivity contribution >= 4 is 17.0 Å². The first-order chi connectivity index (χ1) is 8.49. The Morgan fingerprint density at radius 1 is 1.44 bits per heavy atom. The molecule has 1 aromatic carbocycles. The second kappa shape index (κ2) is 4.79. The Morgan fingerprint density at radius 3 is 2.67 bits per heavy atom. The molecule has 18 heavy (non-hydrogen) atoms. The molecule has 0 fully saturated rings. The molecule has 2 N–H and O–H groups in total. The minimum atomic E-state index is -0.412. The standard InChI is InChI=1S/C11H12N4O2S/c1-6-5-8(15(16)17)3-4-9(6)11-14-13-10(18-11)7(2)12/h3-5,7H,12H2,1-2H3. The van der Waals surface area contributed by atoms with Crippen LogP contribution in [0.15, 0.2) is 18.2 Å². The summed E-state index contributed by atoms with van der Waals surface area (Å²) in [6, 6.07) is 4.53. The van der Waals surface area contributed by atoms with Crippen LogP contribution >= 0.6 is 11.3 Å². The predicted molar refractivity (Wildman–Crippen MR) is 69.3 cm³/mol. The molecular formula is C11H12N4O2S. The van der Waals surface area contributed by atoms with Crippen molar-refractivity contribution in [1.29, 1.82) is 0 Å². The van der Waals surface area contributed by atoms with E-state index in [1.165, 1.54) is 23.5 Å². The van der Waals surface area contributed by atoms with Crippen molar-refractivity contribution < 1.29 is 4.92 Å². The van der Waals surface area contributed by atoms with Gasteiger partial charge in [-0.05, 0) is 25.5 Å². The van der Waals surface area contributed by atoms with Crippen molar-refractivity contribution in [1.82, 2.24) is 10.2 Å². The van der Waals surface area contributed by atoms with Crippen LogP contribution in [0.1, 0.15) is 23.5 Å². The second-order valence-electron chi connectivity index (χ2n) is 3.99. The molecule has 0 aliphatic carbocycles. The SMILES string of the molecule is Cc1cc([N+](=O)[O-])ccc1-c1nnc(C(C)N)s1. The van der Waals surface area contributed by atoms with E-state index in [1.807, 2.05) is 13.8 Å². The monoisotopic (exact) mass is 264 g/mol. The Balaban J connectivity index is 2.41. The normalized spacial score (nSPS) is 12.4. The van der Waals surface area contributed by atoms with Gasteiger partial charge in [0, 0.05) is 17.7 Å². The third kappa shape index (κ3) is 2.36. The molecule has 0 spiro atoms. The van der Waals surface area contributed by atoms with E-state index in [-0.39, 0.29) is 11.7 Å². The Morgan fingerprint density at radius 2 is 2.17 bits per heavy atom. The van der Waals surface area contributed by atoms with Crippen LogP contribution in [0.25, 0.3) is 10.6 Å². The van der Waals surface area contributed by atoms with Crippen molar-refractivity contribution in [2.75, 3.05) is 0 Å². The van der Waals surface area contributed by atoms with Gasteiger partial charge >= 0.3 is 0 Å². The lowest BCUT2D eigenvalue weighted by atomic mass is 10.1. The number of hydrogen-bond acceptors (Lipinski definition) is 6. The summed E-state index contributed by atoms with van der Waals surface area (Å²) in [4.78, 5) is 10.2. The van der Waals surface area contributed by atoms with Crippen LogP contribution in [-0.4, -0.2) is 15.1 Å². The summed E-state index contributed by atoms with van der Waals surface area (Å²) in [5, 5.41) is 20.2. The molecule has 0 aliphatic rings. The topological polar surface area (TPSA) is 94.9 Å². The number of aromatic nitrogens is 2. The maximum Gasteiger partial charge on any atom is 0.269 e. The number of benzene rings is 1. The molecule has 0 aliphatic heterocycles. The molecular weight excluding hydrogens is 252 g/mol. The maximum absolute atomic E-state index is 10.7. The molecule has 0 amide bonds. The van der Waals surface area contributed by atoms with Gasteiger partial charge in [0.1, 0.15) is 10.0 Å². The third-order valence-corrected chi connectivity index (χ3v) is 3.64. The van der Waals surface area contributed by atoms with Crippen LogP contribution in [0.2, 0.25) is 0 Å². The highest BCUT2D eigenvalue weighted by Gasteiger charge is 2.14. The lowest BCUT2D eigenvalue weighted by Gasteiger charge is -2.01. The fourth-order valence-electron chi connectivity index (χ4n) is 1.53. The molecule has 1 unspecified atom stereocenters. The first-order valence-corrected chi connectivity index (χ1v) is 6.15. The molecule has 2 aromatic rings. The Hall–Kier alpha value is -1.86. The minimum Gasteiger partial charge on any atom is -0.322 e. The van der Waals surface area contributed by atoms with Crippen LogP contribution in [0.4, 0.5) is 5.69 Å². The summed E-state index contributed by atoms with van der Waals surface area (Å²) in [6.07, 6.45) is 0. The largest absolute Gasteiger partial charge is 0.322 e. The van der Waals surface area contributed by atoms with Gasteiger partial charge in [-0.1, -0.05) is 11.3 Å². The number of non-ortho nitro benzene ring substituents is 1. The predicted octanol–water partition coefficient (Wildman–Crippen LogP) is 2.44. The minimum absolute atomic E-state index is 0.0770. The third-order valence-electron chi connectivity index (χ3n) is 2.48. The first kappa shape index (κ1) is 12.6. The summed E-state index contributed by atoms with van der Waals surface area (Å²) >= 11 is 1.41. The number of nitrogens with zero attached hydrogens (tertiary/aromatic N) is 3. The van der Waals surface area contributed by atoms with Crippen LogP contribution < -0.4 is 5.73 Å². The average Bonchev–Trinajstić information content (AvgIpc) is 2.78. The van der Waals surface area contributed by atoms with Crippen LogP contribution in [0, 0.1) is 17.0 Å². The maximum atomic E-state index is 10.7. The van der Waals surface area contributed by atoms with E-state index < -0.39 is 4.92 Å². The van der Waals surface area contributed by atoms with Crippen LogP contribution in [0.3, 0.4) is 0 Å². The van der Waals surface area contributed by atoms with E-state index >= 15 is 0 Å². The van der Waals surface area contributed by atoms with Crippen LogP contribution in [0.5, 0.6) is 0 Å². The van der Waals surface area contributed by atoms with Gasteiger partial charge in [-0.15, -0.1) is 10.2 Å². The zero-order valence-corrected chi connectivity index (χ0v) is 10.8. The number of nitrogens with two attached hydrogens (primary N) is 1. The van der Waals surface area contributed by atoms with Gasteiger partial charge in [-0.3, -0.25) is 10.1 Å².